The van der Waals surface area contributed by atoms with E-state index in [2.05, 4.69) is 34.6 Å². The number of unbranched alkanes of at least 4 members (excludes halogenated alkanes) is 1. The predicted octanol–water partition coefficient (Wildman–Crippen LogP) is 2.33. The summed E-state index contributed by atoms with van der Waals surface area (Å²) in [4.78, 5) is 9.31. The highest BCUT2D eigenvalue weighted by molar-refractivity contribution is 5.80. The van der Waals surface area contributed by atoms with Gasteiger partial charge in [0, 0.05) is 38.4 Å². The molecule has 2 aromatic rings. The molecule has 0 saturated carbocycles. The number of furan rings is 1. The summed E-state index contributed by atoms with van der Waals surface area (Å²) >= 11 is 0. The molecule has 0 fully saturated rings. The SMILES string of the molecule is CCCCN=C(NCCc1ccco1)NC1CCc2nc(CC)nn2C1. The van der Waals surface area contributed by atoms with Crippen molar-refractivity contribution >= 4 is 5.96 Å². The van der Waals surface area contributed by atoms with Gasteiger partial charge in [-0.1, -0.05) is 20.3 Å². The van der Waals surface area contributed by atoms with Gasteiger partial charge < -0.3 is 15.1 Å². The quantitative estimate of drug-likeness (QED) is 0.430. The summed E-state index contributed by atoms with van der Waals surface area (Å²) in [5, 5.41) is 11.6. The first-order valence-electron chi connectivity index (χ1n) is 9.78. The Morgan fingerprint density at radius 1 is 1.42 bits per heavy atom. The fourth-order valence-electron chi connectivity index (χ4n) is 3.08. The molecule has 1 aliphatic heterocycles. The lowest BCUT2D eigenvalue weighted by molar-refractivity contribution is 0.391. The topological polar surface area (TPSA) is 80.3 Å². The standard InChI is InChI=1S/C19H30N6O/c1-3-5-11-20-19(21-12-10-16-7-6-13-26-16)22-15-8-9-18-23-17(4-2)24-25(18)14-15/h6-7,13,15H,3-5,8-12,14H2,1-2H3,(H2,20,21,22). The van der Waals surface area contributed by atoms with Gasteiger partial charge in [0.25, 0.3) is 0 Å². The van der Waals surface area contributed by atoms with Crippen LogP contribution in [0.1, 0.15) is 50.5 Å². The van der Waals surface area contributed by atoms with E-state index in [-0.39, 0.29) is 0 Å². The minimum Gasteiger partial charge on any atom is -0.469 e. The van der Waals surface area contributed by atoms with Crippen LogP contribution in [0.2, 0.25) is 0 Å². The second-order valence-corrected chi connectivity index (χ2v) is 6.70. The summed E-state index contributed by atoms with van der Waals surface area (Å²) in [5.74, 6) is 3.92. The van der Waals surface area contributed by atoms with E-state index < -0.39 is 0 Å². The number of nitrogens with zero attached hydrogens (tertiary/aromatic N) is 4. The van der Waals surface area contributed by atoms with Crippen molar-refractivity contribution in [3.8, 4) is 0 Å². The van der Waals surface area contributed by atoms with Gasteiger partial charge in [-0.3, -0.25) is 4.99 Å². The minimum atomic E-state index is 0.324. The van der Waals surface area contributed by atoms with Gasteiger partial charge in [-0.25, -0.2) is 9.67 Å². The number of fused-ring (bicyclic) bond motifs is 1. The molecule has 0 amide bonds. The zero-order valence-corrected chi connectivity index (χ0v) is 15.9. The molecule has 0 radical (unpaired) electrons. The Kier molecular flexibility index (Phi) is 6.68. The van der Waals surface area contributed by atoms with E-state index in [0.717, 1.165) is 81.5 Å². The number of aryl methyl sites for hydroxylation is 2. The Morgan fingerprint density at radius 2 is 2.35 bits per heavy atom. The number of rotatable bonds is 8. The molecule has 0 spiro atoms. The van der Waals surface area contributed by atoms with Gasteiger partial charge in [0.2, 0.25) is 0 Å². The lowest BCUT2D eigenvalue weighted by Crippen LogP contribution is -2.47. The zero-order valence-electron chi connectivity index (χ0n) is 15.9. The molecule has 0 aliphatic carbocycles. The largest absolute Gasteiger partial charge is 0.469 e. The van der Waals surface area contributed by atoms with Crippen LogP contribution in [0.3, 0.4) is 0 Å². The Balaban J connectivity index is 1.55. The predicted molar refractivity (Wildman–Crippen MR) is 102 cm³/mol. The molecule has 142 valence electrons. The number of hydrogen-bond donors (Lipinski definition) is 2. The third-order valence-corrected chi connectivity index (χ3v) is 4.58. The molecule has 7 heteroatoms. The molecule has 0 saturated heterocycles. The Morgan fingerprint density at radius 3 is 3.12 bits per heavy atom. The highest BCUT2D eigenvalue weighted by atomic mass is 16.3. The molecule has 7 nitrogen and oxygen atoms in total. The van der Waals surface area contributed by atoms with Crippen LogP contribution in [0.15, 0.2) is 27.8 Å². The van der Waals surface area contributed by atoms with Crippen molar-refractivity contribution in [2.24, 2.45) is 4.99 Å². The van der Waals surface area contributed by atoms with Crippen LogP contribution >= 0.6 is 0 Å². The molecule has 1 unspecified atom stereocenters. The number of aliphatic imine (C=N–C) groups is 1. The van der Waals surface area contributed by atoms with E-state index in [0.29, 0.717) is 6.04 Å². The van der Waals surface area contributed by atoms with Gasteiger partial charge in [-0.05, 0) is 25.0 Å². The second kappa shape index (κ2) is 9.40. The number of hydrogen-bond acceptors (Lipinski definition) is 4. The fourth-order valence-corrected chi connectivity index (χ4v) is 3.08. The average Bonchev–Trinajstić information content (AvgIpc) is 3.30. The summed E-state index contributed by atoms with van der Waals surface area (Å²) in [6.45, 7) is 6.76. The van der Waals surface area contributed by atoms with Crippen molar-refractivity contribution in [2.75, 3.05) is 13.1 Å². The smallest absolute Gasteiger partial charge is 0.191 e. The Labute approximate surface area is 155 Å². The van der Waals surface area contributed by atoms with Crippen LogP contribution in [0.4, 0.5) is 0 Å². The maximum absolute atomic E-state index is 5.40. The van der Waals surface area contributed by atoms with Crippen molar-refractivity contribution in [3.05, 3.63) is 35.8 Å². The Hall–Kier alpha value is -2.31. The molecule has 2 N–H and O–H groups in total. The van der Waals surface area contributed by atoms with Gasteiger partial charge in [0.05, 0.1) is 12.8 Å². The summed E-state index contributed by atoms with van der Waals surface area (Å²) < 4.78 is 7.45. The molecule has 3 heterocycles. The molecule has 1 aliphatic rings. The first-order valence-corrected chi connectivity index (χ1v) is 9.78. The number of aromatic nitrogens is 3. The van der Waals surface area contributed by atoms with Crippen molar-refractivity contribution in [1.82, 2.24) is 25.4 Å². The highest BCUT2D eigenvalue weighted by Gasteiger charge is 2.22. The van der Waals surface area contributed by atoms with E-state index >= 15 is 0 Å². The third kappa shape index (κ3) is 5.09. The number of nitrogens with one attached hydrogen (secondary N) is 2. The summed E-state index contributed by atoms with van der Waals surface area (Å²) in [6.07, 6.45) is 7.70. The Bertz CT molecular complexity index is 691. The van der Waals surface area contributed by atoms with Gasteiger partial charge in [-0.2, -0.15) is 5.10 Å². The van der Waals surface area contributed by atoms with Crippen molar-refractivity contribution in [1.29, 1.82) is 0 Å². The van der Waals surface area contributed by atoms with E-state index in [1.807, 2.05) is 16.8 Å². The first kappa shape index (κ1) is 18.5. The lowest BCUT2D eigenvalue weighted by Gasteiger charge is -2.25. The van der Waals surface area contributed by atoms with Crippen LogP contribution in [-0.2, 0) is 25.8 Å². The molecule has 26 heavy (non-hydrogen) atoms. The van der Waals surface area contributed by atoms with Gasteiger partial charge in [0.15, 0.2) is 11.8 Å². The highest BCUT2D eigenvalue weighted by Crippen LogP contribution is 2.13. The van der Waals surface area contributed by atoms with Gasteiger partial charge in [0.1, 0.15) is 11.6 Å². The summed E-state index contributed by atoms with van der Waals surface area (Å²) in [6, 6.07) is 4.25. The average molecular weight is 358 g/mol. The van der Waals surface area contributed by atoms with Crippen LogP contribution < -0.4 is 10.6 Å². The molecular weight excluding hydrogens is 328 g/mol. The monoisotopic (exact) mass is 358 g/mol. The fraction of sp³-hybridized carbons (Fsp3) is 0.632. The maximum atomic E-state index is 5.40. The van der Waals surface area contributed by atoms with Crippen molar-refractivity contribution in [2.45, 2.75) is 65.0 Å². The maximum Gasteiger partial charge on any atom is 0.191 e. The molecule has 2 aromatic heterocycles. The van der Waals surface area contributed by atoms with E-state index in [1.54, 1.807) is 6.26 Å². The second-order valence-electron chi connectivity index (χ2n) is 6.70. The minimum absolute atomic E-state index is 0.324. The molecular formula is C19H30N6O. The van der Waals surface area contributed by atoms with Crippen molar-refractivity contribution in [3.63, 3.8) is 0 Å². The van der Waals surface area contributed by atoms with Crippen molar-refractivity contribution < 1.29 is 4.42 Å². The lowest BCUT2D eigenvalue weighted by atomic mass is 10.1. The molecule has 0 aromatic carbocycles. The normalized spacial score (nSPS) is 17.2. The van der Waals surface area contributed by atoms with E-state index in [9.17, 15) is 0 Å². The number of guanidine groups is 1. The third-order valence-electron chi connectivity index (χ3n) is 4.58. The van der Waals surface area contributed by atoms with Crippen LogP contribution in [0.5, 0.6) is 0 Å². The van der Waals surface area contributed by atoms with Crippen LogP contribution in [0, 0.1) is 0 Å². The van der Waals surface area contributed by atoms with Crippen LogP contribution in [-0.4, -0.2) is 39.9 Å². The summed E-state index contributed by atoms with van der Waals surface area (Å²) in [7, 11) is 0. The first-order chi connectivity index (χ1) is 12.8. The van der Waals surface area contributed by atoms with Crippen LogP contribution in [0.25, 0.3) is 0 Å². The zero-order chi connectivity index (χ0) is 18.2. The molecule has 1 atom stereocenters. The van der Waals surface area contributed by atoms with Gasteiger partial charge >= 0.3 is 0 Å². The summed E-state index contributed by atoms with van der Waals surface area (Å²) in [5.41, 5.74) is 0. The molecule has 3 rings (SSSR count). The molecule has 0 bridgehead atoms. The van der Waals surface area contributed by atoms with E-state index in [4.69, 9.17) is 9.41 Å². The van der Waals surface area contributed by atoms with E-state index in [1.165, 1.54) is 0 Å². The van der Waals surface area contributed by atoms with Gasteiger partial charge in [-0.15, -0.1) is 0 Å².